The first kappa shape index (κ1) is 14.6. The molecule has 0 aliphatic carbocycles. The van der Waals surface area contributed by atoms with Gasteiger partial charge >= 0.3 is 17.9 Å². The third-order valence-electron chi connectivity index (χ3n) is 2.97. The standard InChI is InChI=1S/C13H12O8/c1-18-12(16)9(13(17)19-2)6-3-4-7-10(21-5-20-7)8(6)11(14)15/h3-4,9H,5H2,1-2H3,(H,14,15). The van der Waals surface area contributed by atoms with E-state index in [9.17, 15) is 19.5 Å². The number of esters is 2. The fourth-order valence-electron chi connectivity index (χ4n) is 2.03. The number of carboxylic acid groups (broad SMARTS) is 1. The number of methoxy groups -OCH3 is 2. The van der Waals surface area contributed by atoms with Crippen LogP contribution in [0, 0.1) is 0 Å². The number of carbonyl (C=O) groups is 3. The molecule has 0 fully saturated rings. The summed E-state index contributed by atoms with van der Waals surface area (Å²) in [5, 5.41) is 9.35. The monoisotopic (exact) mass is 296 g/mol. The van der Waals surface area contributed by atoms with Crippen LogP contribution in [0.4, 0.5) is 0 Å². The molecule has 1 aliphatic rings. The molecule has 0 spiro atoms. The van der Waals surface area contributed by atoms with Crippen LogP contribution in [0.5, 0.6) is 11.5 Å². The Morgan fingerprint density at radius 2 is 1.76 bits per heavy atom. The Labute approximate surface area is 119 Å². The molecule has 0 atom stereocenters. The Morgan fingerprint density at radius 3 is 2.29 bits per heavy atom. The number of aromatic carboxylic acids is 1. The first-order chi connectivity index (χ1) is 10.0. The number of hydrogen-bond acceptors (Lipinski definition) is 7. The predicted octanol–water partition coefficient (Wildman–Crippen LogP) is 0.543. The third-order valence-corrected chi connectivity index (χ3v) is 2.97. The minimum absolute atomic E-state index is 0.0298. The van der Waals surface area contributed by atoms with Gasteiger partial charge in [0.15, 0.2) is 17.4 Å². The quantitative estimate of drug-likeness (QED) is 0.633. The van der Waals surface area contributed by atoms with Gasteiger partial charge in [0.1, 0.15) is 5.56 Å². The van der Waals surface area contributed by atoms with E-state index in [0.717, 1.165) is 14.2 Å². The van der Waals surface area contributed by atoms with Gasteiger partial charge in [-0.3, -0.25) is 9.59 Å². The van der Waals surface area contributed by atoms with Crippen LogP contribution >= 0.6 is 0 Å². The molecule has 112 valence electrons. The minimum Gasteiger partial charge on any atom is -0.478 e. The van der Waals surface area contributed by atoms with Crippen molar-refractivity contribution in [3.63, 3.8) is 0 Å². The molecule has 8 heteroatoms. The number of benzene rings is 1. The second-order valence-electron chi connectivity index (χ2n) is 4.05. The van der Waals surface area contributed by atoms with Gasteiger partial charge in [-0.15, -0.1) is 0 Å². The lowest BCUT2D eigenvalue weighted by molar-refractivity contribution is -0.154. The van der Waals surface area contributed by atoms with Gasteiger partial charge in [-0.2, -0.15) is 0 Å². The van der Waals surface area contributed by atoms with E-state index in [-0.39, 0.29) is 29.4 Å². The lowest BCUT2D eigenvalue weighted by Crippen LogP contribution is -2.26. The number of carbonyl (C=O) groups excluding carboxylic acids is 2. The van der Waals surface area contributed by atoms with Crippen molar-refractivity contribution < 1.29 is 38.4 Å². The number of ether oxygens (including phenoxy) is 4. The van der Waals surface area contributed by atoms with E-state index in [2.05, 4.69) is 9.47 Å². The molecule has 21 heavy (non-hydrogen) atoms. The van der Waals surface area contributed by atoms with Crippen molar-refractivity contribution in [3.05, 3.63) is 23.3 Å². The van der Waals surface area contributed by atoms with Crippen LogP contribution in [0.2, 0.25) is 0 Å². The van der Waals surface area contributed by atoms with Crippen molar-refractivity contribution in [3.8, 4) is 11.5 Å². The van der Waals surface area contributed by atoms with Gasteiger partial charge in [-0.1, -0.05) is 6.07 Å². The molecular weight excluding hydrogens is 284 g/mol. The second-order valence-corrected chi connectivity index (χ2v) is 4.05. The summed E-state index contributed by atoms with van der Waals surface area (Å²) in [4.78, 5) is 35.1. The van der Waals surface area contributed by atoms with Crippen LogP contribution < -0.4 is 9.47 Å². The predicted molar refractivity (Wildman–Crippen MR) is 66.3 cm³/mol. The smallest absolute Gasteiger partial charge is 0.339 e. The Bertz CT molecular complexity index is 590. The highest BCUT2D eigenvalue weighted by Crippen LogP contribution is 2.40. The van der Waals surface area contributed by atoms with E-state index < -0.39 is 23.8 Å². The van der Waals surface area contributed by atoms with Crippen LogP contribution in [-0.4, -0.2) is 44.0 Å². The molecule has 8 nitrogen and oxygen atoms in total. The fourth-order valence-corrected chi connectivity index (χ4v) is 2.03. The molecule has 0 unspecified atom stereocenters. The zero-order valence-electron chi connectivity index (χ0n) is 11.2. The summed E-state index contributed by atoms with van der Waals surface area (Å²) in [6, 6.07) is 2.72. The lowest BCUT2D eigenvalue weighted by Gasteiger charge is -2.16. The summed E-state index contributed by atoms with van der Waals surface area (Å²) in [6.45, 7) is -0.139. The maximum atomic E-state index is 11.8. The number of fused-ring (bicyclic) bond motifs is 1. The van der Waals surface area contributed by atoms with Crippen molar-refractivity contribution in [1.82, 2.24) is 0 Å². The van der Waals surface area contributed by atoms with Crippen LogP contribution in [0.15, 0.2) is 12.1 Å². The van der Waals surface area contributed by atoms with E-state index in [1.165, 1.54) is 12.1 Å². The topological polar surface area (TPSA) is 108 Å². The number of hydrogen-bond donors (Lipinski definition) is 1. The van der Waals surface area contributed by atoms with E-state index >= 15 is 0 Å². The minimum atomic E-state index is -1.51. The van der Waals surface area contributed by atoms with Gasteiger partial charge < -0.3 is 24.1 Å². The molecule has 0 saturated heterocycles. The van der Waals surface area contributed by atoms with E-state index in [1.807, 2.05) is 0 Å². The van der Waals surface area contributed by atoms with Crippen molar-refractivity contribution in [2.45, 2.75) is 5.92 Å². The van der Waals surface area contributed by atoms with Crippen LogP contribution in [0.1, 0.15) is 21.8 Å². The van der Waals surface area contributed by atoms with Gasteiger partial charge in [-0.05, 0) is 11.6 Å². The van der Waals surface area contributed by atoms with Gasteiger partial charge in [0.2, 0.25) is 6.79 Å². The van der Waals surface area contributed by atoms with Crippen LogP contribution in [0.25, 0.3) is 0 Å². The summed E-state index contributed by atoms with van der Waals surface area (Å²) in [5.74, 6) is -4.53. The first-order valence-electron chi connectivity index (χ1n) is 5.82. The van der Waals surface area contributed by atoms with E-state index in [0.29, 0.717) is 0 Å². The SMILES string of the molecule is COC(=O)C(C(=O)OC)c1ccc2c(c1C(=O)O)OCO2. The van der Waals surface area contributed by atoms with Crippen LogP contribution in [0.3, 0.4) is 0 Å². The maximum absolute atomic E-state index is 11.8. The molecule has 0 aromatic heterocycles. The average molecular weight is 296 g/mol. The first-order valence-corrected chi connectivity index (χ1v) is 5.82. The van der Waals surface area contributed by atoms with Crippen molar-refractivity contribution >= 4 is 17.9 Å². The Balaban J connectivity index is 2.63. The average Bonchev–Trinajstić information content (AvgIpc) is 2.94. The second kappa shape index (κ2) is 5.70. The highest BCUT2D eigenvalue weighted by Gasteiger charge is 2.37. The van der Waals surface area contributed by atoms with Crippen molar-refractivity contribution in [2.24, 2.45) is 0 Å². The molecular formula is C13H12O8. The van der Waals surface area contributed by atoms with E-state index in [1.54, 1.807) is 0 Å². The van der Waals surface area contributed by atoms with Gasteiger partial charge in [0, 0.05) is 0 Å². The Kier molecular flexibility index (Phi) is 3.97. The van der Waals surface area contributed by atoms with Crippen LogP contribution in [-0.2, 0) is 19.1 Å². The van der Waals surface area contributed by atoms with Gasteiger partial charge in [-0.25, -0.2) is 4.79 Å². The van der Waals surface area contributed by atoms with Crippen molar-refractivity contribution in [1.29, 1.82) is 0 Å². The molecule has 0 radical (unpaired) electrons. The van der Waals surface area contributed by atoms with Crippen molar-refractivity contribution in [2.75, 3.05) is 21.0 Å². The summed E-state index contributed by atoms with van der Waals surface area (Å²) >= 11 is 0. The highest BCUT2D eigenvalue weighted by atomic mass is 16.7. The summed E-state index contributed by atoms with van der Waals surface area (Å²) in [7, 11) is 2.18. The summed E-state index contributed by atoms with van der Waals surface area (Å²) in [6.07, 6.45) is 0. The summed E-state index contributed by atoms with van der Waals surface area (Å²) in [5.41, 5.74) is -0.406. The molecule has 0 amide bonds. The van der Waals surface area contributed by atoms with E-state index in [4.69, 9.17) is 9.47 Å². The fraction of sp³-hybridized carbons (Fsp3) is 0.308. The largest absolute Gasteiger partial charge is 0.478 e. The molecule has 1 heterocycles. The molecule has 0 saturated carbocycles. The van der Waals surface area contributed by atoms with Gasteiger partial charge in [0.25, 0.3) is 0 Å². The molecule has 1 N–H and O–H groups in total. The maximum Gasteiger partial charge on any atom is 0.339 e. The zero-order valence-corrected chi connectivity index (χ0v) is 11.2. The molecule has 1 aromatic rings. The molecule has 0 bridgehead atoms. The summed E-state index contributed by atoms with van der Waals surface area (Å²) < 4.78 is 19.3. The Morgan fingerprint density at radius 1 is 1.14 bits per heavy atom. The third kappa shape index (κ3) is 2.47. The lowest BCUT2D eigenvalue weighted by atomic mass is 9.93. The zero-order chi connectivity index (χ0) is 15.6. The van der Waals surface area contributed by atoms with Gasteiger partial charge in [0.05, 0.1) is 14.2 Å². The Hall–Kier alpha value is -2.77. The molecule has 2 rings (SSSR count). The molecule has 1 aromatic carbocycles. The number of rotatable bonds is 4. The normalized spacial score (nSPS) is 12.1. The highest BCUT2D eigenvalue weighted by molar-refractivity contribution is 6.05. The number of carboxylic acids is 1. The molecule has 1 aliphatic heterocycles.